The zero-order chi connectivity index (χ0) is 36.6. The first-order chi connectivity index (χ1) is 24.0. The van der Waals surface area contributed by atoms with Gasteiger partial charge in [0, 0.05) is 31.7 Å². The van der Waals surface area contributed by atoms with Crippen LogP contribution in [0.25, 0.3) is 0 Å². The Hall–Kier alpha value is -1.65. The lowest BCUT2D eigenvalue weighted by Gasteiger charge is -2.73. The Morgan fingerprint density at radius 3 is 2.35 bits per heavy atom. The number of carbonyl (C=O) groups is 1. The van der Waals surface area contributed by atoms with Gasteiger partial charge in [-0.3, -0.25) is 9.11 Å². The summed E-state index contributed by atoms with van der Waals surface area (Å²) < 4.78 is 20.0. The van der Waals surface area contributed by atoms with E-state index in [2.05, 4.69) is 68.2 Å². The number of hydrogen-bond donors (Lipinski definition) is 4. The summed E-state index contributed by atoms with van der Waals surface area (Å²) in [4.78, 5) is 20.8. The van der Waals surface area contributed by atoms with Crippen molar-refractivity contribution in [1.82, 2.24) is 15.2 Å². The van der Waals surface area contributed by atoms with Crippen LogP contribution < -0.4 is 10.2 Å². The van der Waals surface area contributed by atoms with Gasteiger partial charge in [0.1, 0.15) is 5.69 Å². The van der Waals surface area contributed by atoms with Crippen LogP contribution in [0.5, 0.6) is 0 Å². The molecular weight excluding hydrogens is 657 g/mol. The molecule has 6 fully saturated rings. The number of rotatable bonds is 9. The van der Waals surface area contributed by atoms with Gasteiger partial charge in [0.15, 0.2) is 0 Å². The first-order valence-corrected chi connectivity index (χ1v) is 22.2. The molecule has 1 aromatic heterocycles. The summed E-state index contributed by atoms with van der Waals surface area (Å²) in [5.74, 6) is 3.43. The summed E-state index contributed by atoms with van der Waals surface area (Å²) in [5.41, 5.74) is 3.77. The largest absolute Gasteiger partial charge is 0.477 e. The lowest BCUT2D eigenvalue weighted by atomic mass is 9.33. The van der Waals surface area contributed by atoms with E-state index in [1.54, 1.807) is 12.3 Å². The Morgan fingerprint density at radius 2 is 1.69 bits per heavy atom. The van der Waals surface area contributed by atoms with Crippen LogP contribution in [0.4, 0.5) is 5.69 Å². The molecule has 0 amide bonds. The molecule has 4 saturated carbocycles. The predicted molar refractivity (Wildman–Crippen MR) is 210 cm³/mol. The number of allylic oxidation sites excluding steroid dienone is 1. The summed E-state index contributed by atoms with van der Waals surface area (Å²) in [5, 5.41) is 13.4. The smallest absolute Gasteiger partial charge is 0.354 e. The van der Waals surface area contributed by atoms with E-state index >= 15 is 0 Å². The van der Waals surface area contributed by atoms with Crippen LogP contribution in [0, 0.1) is 51.2 Å². The monoisotopic (exact) mass is 724 g/mol. The second kappa shape index (κ2) is 13.3. The van der Waals surface area contributed by atoms with Gasteiger partial charge in [-0.25, -0.2) is 9.78 Å². The number of carboxylic acid groups (broad SMARTS) is 1. The van der Waals surface area contributed by atoms with Crippen molar-refractivity contribution in [2.24, 2.45) is 51.2 Å². The maximum Gasteiger partial charge on any atom is 0.354 e. The van der Waals surface area contributed by atoms with Crippen LogP contribution in [0.2, 0.25) is 0 Å². The first kappa shape index (κ1) is 37.7. The average Bonchev–Trinajstić information content (AvgIpc) is 3.45. The number of aromatic carboxylic acids is 1. The highest BCUT2D eigenvalue weighted by atomic mass is 32.3. The standard InChI is InChI=1S/C42H68N4O4S/c1-29(2)31-13-16-42(28-43-20-8-21-45-23-25-51(49,50)26-24-45)18-17-40(6)32(36(31)42)10-12-35-39(5)19-22-46(30-9-11-33(37(47)48)44-27-30)38(3,4)34(39)14-15-41(35,40)7/h9,11,27,31-32,34-36,43,49-50H,1,8,10,12-26,28H2,2-7H3,(H,47,48)/t31-,32+,34-,35+,36+,39-,40+,41+,42+/m0/s1. The van der Waals surface area contributed by atoms with E-state index in [1.807, 2.05) is 6.07 Å². The third-order valence-corrected chi connectivity index (χ3v) is 18.7. The molecule has 9 atom stereocenters. The highest BCUT2D eigenvalue weighted by molar-refractivity contribution is 8.24. The summed E-state index contributed by atoms with van der Waals surface area (Å²) >= 11 is 0. The highest BCUT2D eigenvalue weighted by Crippen LogP contribution is 2.76. The Morgan fingerprint density at radius 1 is 0.941 bits per heavy atom. The van der Waals surface area contributed by atoms with E-state index in [0.717, 1.165) is 57.3 Å². The Kier molecular flexibility index (Phi) is 9.81. The van der Waals surface area contributed by atoms with Gasteiger partial charge in [0.25, 0.3) is 0 Å². The third kappa shape index (κ3) is 6.11. The molecular formula is C42H68N4O4S. The number of nitrogens with one attached hydrogen (secondary N) is 1. The topological polar surface area (TPSA) is 109 Å². The molecule has 0 spiro atoms. The van der Waals surface area contributed by atoms with E-state index in [-0.39, 0.29) is 16.6 Å². The average molecular weight is 725 g/mol. The van der Waals surface area contributed by atoms with Crippen molar-refractivity contribution < 1.29 is 19.0 Å². The molecule has 0 radical (unpaired) electrons. The molecule has 2 saturated heterocycles. The molecule has 0 aromatic carbocycles. The minimum Gasteiger partial charge on any atom is -0.477 e. The number of piperidine rings is 1. The van der Waals surface area contributed by atoms with Gasteiger partial charge in [-0.05, 0) is 161 Å². The van der Waals surface area contributed by atoms with Crippen LogP contribution in [0.1, 0.15) is 116 Å². The third-order valence-electron chi connectivity index (χ3n) is 17.0. The quantitative estimate of drug-likeness (QED) is 0.148. The molecule has 0 unspecified atom stereocenters. The maximum atomic E-state index is 11.5. The van der Waals surface area contributed by atoms with Crippen LogP contribution in [0.3, 0.4) is 0 Å². The molecule has 4 N–H and O–H groups in total. The zero-order valence-electron chi connectivity index (χ0n) is 32.6. The molecule has 0 bridgehead atoms. The van der Waals surface area contributed by atoms with Crippen molar-refractivity contribution in [1.29, 1.82) is 0 Å². The highest BCUT2D eigenvalue weighted by Gasteiger charge is 2.70. The molecule has 286 valence electrons. The lowest BCUT2D eigenvalue weighted by molar-refractivity contribution is -0.227. The molecule has 6 aliphatic rings. The van der Waals surface area contributed by atoms with Crippen LogP contribution in [0.15, 0.2) is 30.5 Å². The lowest BCUT2D eigenvalue weighted by Crippen LogP contribution is -2.70. The molecule has 7 rings (SSSR count). The number of carboxylic acids is 1. The van der Waals surface area contributed by atoms with E-state index in [9.17, 15) is 19.0 Å². The fraction of sp³-hybridized carbons (Fsp3) is 0.810. The van der Waals surface area contributed by atoms with Crippen molar-refractivity contribution in [3.05, 3.63) is 36.2 Å². The number of anilines is 1. The maximum absolute atomic E-state index is 11.5. The summed E-state index contributed by atoms with van der Waals surface area (Å²) in [6.07, 6.45) is 14.6. The minimum absolute atomic E-state index is 0.0420. The van der Waals surface area contributed by atoms with Crippen molar-refractivity contribution in [3.63, 3.8) is 0 Å². The second-order valence-electron chi connectivity index (χ2n) is 19.4. The Balaban J connectivity index is 1.07. The summed E-state index contributed by atoms with van der Waals surface area (Å²) in [7, 11) is -2.33. The molecule has 3 heterocycles. The number of aromatic nitrogens is 1. The Labute approximate surface area is 310 Å². The number of nitrogens with zero attached hydrogens (tertiary/aromatic N) is 3. The van der Waals surface area contributed by atoms with Gasteiger partial charge in [0.05, 0.1) is 23.4 Å². The summed E-state index contributed by atoms with van der Waals surface area (Å²) in [6, 6.07) is 3.63. The van der Waals surface area contributed by atoms with Gasteiger partial charge in [-0.15, -0.1) is 0 Å². The fourth-order valence-corrected chi connectivity index (χ4v) is 15.5. The van der Waals surface area contributed by atoms with Gasteiger partial charge >= 0.3 is 5.97 Å². The first-order valence-electron chi connectivity index (χ1n) is 20.3. The number of pyridine rings is 1. The van der Waals surface area contributed by atoms with Crippen molar-refractivity contribution >= 4 is 22.2 Å². The van der Waals surface area contributed by atoms with Crippen LogP contribution in [-0.4, -0.2) is 86.4 Å². The predicted octanol–water partition coefficient (Wildman–Crippen LogP) is 8.65. The summed E-state index contributed by atoms with van der Waals surface area (Å²) in [6.45, 7) is 25.7. The minimum atomic E-state index is -2.33. The normalized spacial score (nSPS) is 42.2. The van der Waals surface area contributed by atoms with Gasteiger partial charge in [-0.1, -0.05) is 32.9 Å². The number of hydrogen-bond acceptors (Lipinski definition) is 7. The SMILES string of the molecule is C=C(C)[C@@H]1CC[C@]2(CNCCCN3CCS(O)(O)CC3)CC[C@]3(C)[C@H](CC[C@@H]4[C@@]5(C)CCN(c6ccc(C(=O)O)nc6)C(C)(C)[C@@H]5CC[C@]43C)[C@@H]12. The van der Waals surface area contributed by atoms with E-state index in [4.69, 9.17) is 0 Å². The van der Waals surface area contributed by atoms with Gasteiger partial charge in [0.2, 0.25) is 0 Å². The van der Waals surface area contributed by atoms with E-state index < -0.39 is 16.6 Å². The fourth-order valence-electron chi connectivity index (χ4n) is 14.2. The van der Waals surface area contributed by atoms with Crippen molar-refractivity contribution in [3.8, 4) is 0 Å². The van der Waals surface area contributed by atoms with Gasteiger partial charge < -0.3 is 20.2 Å². The Bertz CT molecular complexity index is 1480. The zero-order valence-corrected chi connectivity index (χ0v) is 33.4. The van der Waals surface area contributed by atoms with Crippen LogP contribution in [-0.2, 0) is 0 Å². The van der Waals surface area contributed by atoms with Crippen molar-refractivity contribution in [2.75, 3.05) is 55.7 Å². The van der Waals surface area contributed by atoms with Crippen LogP contribution >= 0.6 is 10.6 Å². The number of fused-ring (bicyclic) bond motifs is 7. The van der Waals surface area contributed by atoms with Crippen molar-refractivity contribution in [2.45, 2.75) is 111 Å². The molecule has 1 aromatic rings. The molecule has 4 aliphatic carbocycles. The molecule has 2 aliphatic heterocycles. The van der Waals surface area contributed by atoms with Gasteiger partial charge in [-0.2, -0.15) is 10.6 Å². The second-order valence-corrected chi connectivity index (χ2v) is 21.8. The van der Waals surface area contributed by atoms with E-state index in [0.29, 0.717) is 51.4 Å². The molecule has 8 nitrogen and oxygen atoms in total. The molecule has 9 heteroatoms. The molecule has 51 heavy (non-hydrogen) atoms. The van der Waals surface area contributed by atoms with E-state index in [1.165, 1.54) is 63.4 Å².